The van der Waals surface area contributed by atoms with Gasteiger partial charge in [-0.15, -0.1) is 0 Å². The van der Waals surface area contributed by atoms with Crippen molar-refractivity contribution in [2.45, 2.75) is 18.9 Å². The van der Waals surface area contributed by atoms with Crippen molar-refractivity contribution in [2.75, 3.05) is 21.3 Å². The maximum Gasteiger partial charge on any atom is 0.356 e. The molecule has 1 aliphatic carbocycles. The molecule has 3 aromatic carbocycles. The van der Waals surface area contributed by atoms with Gasteiger partial charge in [0.25, 0.3) is 0 Å². The number of aromatic nitrogens is 1. The van der Waals surface area contributed by atoms with Crippen LogP contribution in [0.25, 0.3) is 21.9 Å². The molecule has 2 atom stereocenters. The molecule has 0 fully saturated rings. The molecule has 2 unspecified atom stereocenters. The number of carbonyl (C=O) groups excluding carboxylic acids is 3. The summed E-state index contributed by atoms with van der Waals surface area (Å²) in [6, 6.07) is 16.6. The number of benzene rings is 3. The number of hydrogen-bond donors (Lipinski definition) is 0. The molecule has 0 amide bonds. The highest BCUT2D eigenvalue weighted by Gasteiger charge is 2.62. The van der Waals surface area contributed by atoms with Crippen molar-refractivity contribution in [3.63, 3.8) is 0 Å². The van der Waals surface area contributed by atoms with Crippen LogP contribution in [0.4, 0.5) is 0 Å². The van der Waals surface area contributed by atoms with Gasteiger partial charge in [-0.3, -0.25) is 9.59 Å². The molecule has 4 aromatic rings. The minimum atomic E-state index is -1.90. The Labute approximate surface area is 234 Å². The van der Waals surface area contributed by atoms with Gasteiger partial charge in [0.1, 0.15) is 27.8 Å². The van der Waals surface area contributed by atoms with Crippen LogP contribution in [0.5, 0.6) is 17.2 Å². The van der Waals surface area contributed by atoms with Gasteiger partial charge in [-0.05, 0) is 40.5 Å². The van der Waals surface area contributed by atoms with Gasteiger partial charge in [-0.2, -0.15) is 0 Å². The summed E-state index contributed by atoms with van der Waals surface area (Å²) in [6.07, 6.45) is 0.184. The fourth-order valence-electron chi connectivity index (χ4n) is 5.71. The Morgan fingerprint density at radius 3 is 2.35 bits per heavy atom. The number of fused-ring (bicyclic) bond motifs is 3. The summed E-state index contributed by atoms with van der Waals surface area (Å²) in [5.41, 5.74) is -0.0173. The van der Waals surface area contributed by atoms with Crippen LogP contribution in [-0.2, 0) is 11.2 Å². The molecule has 1 aliphatic heterocycles. The molecule has 0 bridgehead atoms. The maximum absolute atomic E-state index is 14.6. The lowest BCUT2D eigenvalue weighted by Gasteiger charge is -2.37. The van der Waals surface area contributed by atoms with E-state index < -0.39 is 29.1 Å². The second-order valence-corrected chi connectivity index (χ2v) is 10.2. The largest absolute Gasteiger partial charge is 0.496 e. The van der Waals surface area contributed by atoms with Crippen LogP contribution >= 0.6 is 11.6 Å². The molecule has 0 radical (unpaired) electrons. The minimum absolute atomic E-state index is 0.0397. The molecule has 202 valence electrons. The van der Waals surface area contributed by atoms with Crippen LogP contribution in [0.3, 0.4) is 0 Å². The van der Waals surface area contributed by atoms with Crippen molar-refractivity contribution in [1.29, 1.82) is 0 Å². The number of hydrogen-bond acceptors (Lipinski definition) is 8. The van der Waals surface area contributed by atoms with Crippen molar-refractivity contribution in [1.82, 2.24) is 4.98 Å². The van der Waals surface area contributed by atoms with Crippen LogP contribution in [0.1, 0.15) is 43.8 Å². The van der Waals surface area contributed by atoms with E-state index in [1.54, 1.807) is 6.92 Å². The number of halogens is 1. The Morgan fingerprint density at radius 2 is 1.65 bits per heavy atom. The Kier molecular flexibility index (Phi) is 6.03. The van der Waals surface area contributed by atoms with Crippen LogP contribution < -0.4 is 14.2 Å². The lowest BCUT2D eigenvalue weighted by Crippen LogP contribution is -2.57. The zero-order chi connectivity index (χ0) is 28.3. The SMILES string of the molecule is COC(=O)c1cc(-c2ccc3ccccc3c2)c2c(n1)CC(C)C1(Oc3c(Cl)c(OC)cc(OC)c3C1=O)C2=O. The summed E-state index contributed by atoms with van der Waals surface area (Å²) >= 11 is 6.57. The van der Waals surface area contributed by atoms with E-state index in [1.165, 1.54) is 33.5 Å². The first kappa shape index (κ1) is 25.8. The molecule has 1 aromatic heterocycles. The number of ether oxygens (including phenoxy) is 4. The molecular formula is C31H24ClNO7. The number of ketones is 2. The van der Waals surface area contributed by atoms with Gasteiger partial charge >= 0.3 is 5.97 Å². The standard InChI is InChI=1S/C31H24ClNO7/c1-15-11-20-24(28(34)31(15)29(35)25-22(37-2)14-23(38-3)26(32)27(25)40-31)19(13-21(33-20)30(36)39-4)18-10-9-16-7-5-6-8-17(16)12-18/h5-10,12-15H,11H2,1-4H3. The number of methoxy groups -OCH3 is 3. The van der Waals surface area contributed by atoms with Crippen molar-refractivity contribution < 1.29 is 33.3 Å². The van der Waals surface area contributed by atoms with Crippen LogP contribution in [0, 0.1) is 5.92 Å². The van der Waals surface area contributed by atoms with E-state index in [1.807, 2.05) is 42.5 Å². The number of nitrogens with zero attached hydrogens (tertiary/aromatic N) is 1. The summed E-state index contributed by atoms with van der Waals surface area (Å²) in [4.78, 5) is 45.8. The van der Waals surface area contributed by atoms with Crippen molar-refractivity contribution in [3.8, 4) is 28.4 Å². The molecule has 9 heteroatoms. The van der Waals surface area contributed by atoms with E-state index in [0.29, 0.717) is 16.8 Å². The summed E-state index contributed by atoms with van der Waals surface area (Å²) in [7, 11) is 4.12. The number of esters is 1. The highest BCUT2D eigenvalue weighted by molar-refractivity contribution is 6.36. The first-order chi connectivity index (χ1) is 19.2. The quantitative estimate of drug-likeness (QED) is 0.231. The monoisotopic (exact) mass is 557 g/mol. The van der Waals surface area contributed by atoms with Gasteiger partial charge < -0.3 is 18.9 Å². The van der Waals surface area contributed by atoms with Gasteiger partial charge in [-0.1, -0.05) is 54.9 Å². The average Bonchev–Trinajstić information content (AvgIpc) is 3.29. The predicted molar refractivity (Wildman–Crippen MR) is 148 cm³/mol. The van der Waals surface area contributed by atoms with E-state index in [4.69, 9.17) is 30.5 Å². The molecular weight excluding hydrogens is 534 g/mol. The summed E-state index contributed by atoms with van der Waals surface area (Å²) < 4.78 is 22.1. The molecule has 40 heavy (non-hydrogen) atoms. The number of rotatable bonds is 4. The normalized spacial score (nSPS) is 19.3. The van der Waals surface area contributed by atoms with Gasteiger partial charge in [0.15, 0.2) is 5.75 Å². The second kappa shape index (κ2) is 9.34. The lowest BCUT2D eigenvalue weighted by molar-refractivity contribution is 0.0256. The fraction of sp³-hybridized carbons (Fsp3) is 0.226. The van der Waals surface area contributed by atoms with Gasteiger partial charge in [0, 0.05) is 12.0 Å². The molecule has 8 nitrogen and oxygen atoms in total. The Balaban J connectivity index is 1.59. The molecule has 0 saturated carbocycles. The maximum atomic E-state index is 14.6. The molecule has 0 N–H and O–H groups in total. The van der Waals surface area contributed by atoms with Crippen LogP contribution in [0.15, 0.2) is 54.6 Å². The smallest absolute Gasteiger partial charge is 0.356 e. The van der Waals surface area contributed by atoms with Crippen molar-refractivity contribution >= 4 is 39.9 Å². The van der Waals surface area contributed by atoms with Crippen molar-refractivity contribution in [2.24, 2.45) is 5.92 Å². The molecule has 2 heterocycles. The van der Waals surface area contributed by atoms with Gasteiger partial charge in [0.2, 0.25) is 17.2 Å². The molecule has 2 aliphatic rings. The Morgan fingerprint density at radius 1 is 0.950 bits per heavy atom. The van der Waals surface area contributed by atoms with Gasteiger partial charge in [0.05, 0.1) is 32.6 Å². The number of Topliss-reactive ketones (excluding diaryl/α,β-unsaturated/α-hetero) is 2. The van der Waals surface area contributed by atoms with Crippen LogP contribution in [-0.4, -0.2) is 49.5 Å². The summed E-state index contributed by atoms with van der Waals surface area (Å²) in [6.45, 7) is 1.74. The average molecular weight is 558 g/mol. The summed E-state index contributed by atoms with van der Waals surface area (Å²) in [5.74, 6) is -1.91. The van der Waals surface area contributed by atoms with E-state index >= 15 is 0 Å². The molecule has 1 spiro atoms. The van der Waals surface area contributed by atoms with Crippen molar-refractivity contribution in [3.05, 3.63) is 82.1 Å². The number of pyridine rings is 1. The topological polar surface area (TPSA) is 101 Å². The lowest BCUT2D eigenvalue weighted by atomic mass is 9.69. The third kappa shape index (κ3) is 3.52. The predicted octanol–water partition coefficient (Wildman–Crippen LogP) is 5.75. The fourth-order valence-corrected chi connectivity index (χ4v) is 5.98. The highest BCUT2D eigenvalue weighted by Crippen LogP contribution is 2.54. The first-order valence-electron chi connectivity index (χ1n) is 12.6. The van der Waals surface area contributed by atoms with E-state index in [-0.39, 0.29) is 45.5 Å². The number of carbonyl (C=O) groups is 3. The zero-order valence-electron chi connectivity index (χ0n) is 22.2. The zero-order valence-corrected chi connectivity index (χ0v) is 22.9. The molecule has 6 rings (SSSR count). The third-order valence-electron chi connectivity index (χ3n) is 7.73. The summed E-state index contributed by atoms with van der Waals surface area (Å²) in [5, 5.41) is 2.03. The van der Waals surface area contributed by atoms with Gasteiger partial charge in [-0.25, -0.2) is 9.78 Å². The highest BCUT2D eigenvalue weighted by atomic mass is 35.5. The molecule has 0 saturated heterocycles. The Hall–Kier alpha value is -4.43. The second-order valence-electron chi connectivity index (χ2n) is 9.83. The van der Waals surface area contributed by atoms with E-state index in [0.717, 1.165) is 10.8 Å². The first-order valence-corrected chi connectivity index (χ1v) is 13.0. The minimum Gasteiger partial charge on any atom is -0.496 e. The Bertz CT molecular complexity index is 1760. The van der Waals surface area contributed by atoms with E-state index in [2.05, 4.69) is 4.98 Å². The third-order valence-corrected chi connectivity index (χ3v) is 8.08. The van der Waals surface area contributed by atoms with Crippen LogP contribution in [0.2, 0.25) is 5.02 Å². The van der Waals surface area contributed by atoms with E-state index in [9.17, 15) is 14.4 Å².